The Morgan fingerprint density at radius 1 is 1.35 bits per heavy atom. The van der Waals surface area contributed by atoms with Crippen molar-refractivity contribution in [2.45, 2.75) is 19.9 Å². The summed E-state index contributed by atoms with van der Waals surface area (Å²) in [6, 6.07) is 7.29. The van der Waals surface area contributed by atoms with Crippen LogP contribution in [0.4, 0.5) is 5.82 Å². The smallest absolute Gasteiger partial charge is 0.304 e. The molecular weight excluding hydrogens is 218 g/mol. The van der Waals surface area contributed by atoms with Crippen molar-refractivity contribution < 1.29 is 9.84 Å². The van der Waals surface area contributed by atoms with Crippen molar-refractivity contribution in [2.75, 3.05) is 5.73 Å². The highest BCUT2D eigenvalue weighted by Crippen LogP contribution is 2.31. The van der Waals surface area contributed by atoms with Gasteiger partial charge in [0.25, 0.3) is 0 Å². The third-order valence-electron chi connectivity index (χ3n) is 2.34. The molecule has 17 heavy (non-hydrogen) atoms. The molecule has 90 valence electrons. The van der Waals surface area contributed by atoms with Crippen LogP contribution >= 0.6 is 0 Å². The molecule has 2 rings (SSSR count). The minimum atomic E-state index is 0.0735. The van der Waals surface area contributed by atoms with Crippen LogP contribution in [0.1, 0.15) is 19.9 Å². The van der Waals surface area contributed by atoms with E-state index in [9.17, 15) is 5.11 Å². The highest BCUT2D eigenvalue weighted by atomic mass is 16.5. The number of aromatic nitrogens is 2. The zero-order valence-corrected chi connectivity index (χ0v) is 9.79. The fraction of sp³-hybridized carbons (Fsp3) is 0.250. The van der Waals surface area contributed by atoms with Gasteiger partial charge in [0.1, 0.15) is 5.82 Å². The zero-order valence-electron chi connectivity index (χ0n) is 9.79. The second-order valence-electron chi connectivity index (χ2n) is 4.02. The maximum atomic E-state index is 9.61. The average molecular weight is 233 g/mol. The van der Waals surface area contributed by atoms with E-state index in [0.717, 1.165) is 0 Å². The van der Waals surface area contributed by atoms with E-state index in [-0.39, 0.29) is 11.8 Å². The maximum absolute atomic E-state index is 9.61. The predicted molar refractivity (Wildman–Crippen MR) is 65.2 cm³/mol. The number of anilines is 1. The molecule has 0 unspecified atom stereocenters. The van der Waals surface area contributed by atoms with E-state index < -0.39 is 0 Å². The number of phenols is 1. The molecule has 1 heterocycles. The van der Waals surface area contributed by atoms with Crippen LogP contribution in [0.5, 0.6) is 17.5 Å². The first kappa shape index (κ1) is 11.3. The number of benzene rings is 1. The van der Waals surface area contributed by atoms with Crippen molar-refractivity contribution in [2.24, 2.45) is 0 Å². The summed E-state index contributed by atoms with van der Waals surface area (Å²) in [4.78, 5) is 4.08. The van der Waals surface area contributed by atoms with Crippen LogP contribution in [0.3, 0.4) is 0 Å². The van der Waals surface area contributed by atoms with Gasteiger partial charge in [0, 0.05) is 6.04 Å². The van der Waals surface area contributed by atoms with Gasteiger partial charge >= 0.3 is 6.01 Å². The Balaban J connectivity index is 2.33. The van der Waals surface area contributed by atoms with Gasteiger partial charge in [0.05, 0.1) is 6.20 Å². The van der Waals surface area contributed by atoms with Gasteiger partial charge < -0.3 is 15.6 Å². The van der Waals surface area contributed by atoms with Gasteiger partial charge in [-0.05, 0) is 26.0 Å². The Kier molecular flexibility index (Phi) is 2.91. The Labute approximate surface area is 99.5 Å². The van der Waals surface area contributed by atoms with Gasteiger partial charge in [-0.2, -0.15) is 4.98 Å². The third-order valence-corrected chi connectivity index (χ3v) is 2.34. The molecule has 0 fully saturated rings. The Bertz CT molecular complexity index is 520. The first-order valence-electron chi connectivity index (χ1n) is 5.38. The second kappa shape index (κ2) is 4.37. The molecule has 0 amide bonds. The lowest BCUT2D eigenvalue weighted by atomic mass is 10.3. The second-order valence-corrected chi connectivity index (χ2v) is 4.02. The number of nitrogen functional groups attached to an aromatic ring is 1. The van der Waals surface area contributed by atoms with Crippen LogP contribution < -0.4 is 10.5 Å². The highest BCUT2D eigenvalue weighted by molar-refractivity contribution is 5.40. The van der Waals surface area contributed by atoms with Crippen molar-refractivity contribution in [1.82, 2.24) is 9.55 Å². The van der Waals surface area contributed by atoms with Crippen LogP contribution in [-0.2, 0) is 0 Å². The average Bonchev–Trinajstić information content (AvgIpc) is 2.63. The number of rotatable bonds is 3. The van der Waals surface area contributed by atoms with Crippen LogP contribution in [0.2, 0.25) is 0 Å². The van der Waals surface area contributed by atoms with E-state index in [1.165, 1.54) is 0 Å². The normalized spacial score (nSPS) is 10.8. The molecule has 0 bridgehead atoms. The van der Waals surface area contributed by atoms with Gasteiger partial charge in [-0.1, -0.05) is 12.1 Å². The molecule has 0 radical (unpaired) electrons. The van der Waals surface area contributed by atoms with Crippen molar-refractivity contribution in [1.29, 1.82) is 0 Å². The molecule has 0 atom stereocenters. The molecule has 0 aliphatic rings. The summed E-state index contributed by atoms with van der Waals surface area (Å²) < 4.78 is 7.35. The number of imidazole rings is 1. The molecule has 0 saturated carbocycles. The van der Waals surface area contributed by atoms with Gasteiger partial charge in [0.15, 0.2) is 11.5 Å². The molecule has 1 aromatic carbocycles. The monoisotopic (exact) mass is 233 g/mol. The number of nitrogens with zero attached hydrogens (tertiary/aromatic N) is 2. The lowest BCUT2D eigenvalue weighted by Gasteiger charge is -2.11. The number of hydrogen-bond donors (Lipinski definition) is 2. The number of ether oxygens (including phenoxy) is 1. The Morgan fingerprint density at radius 2 is 2.06 bits per heavy atom. The largest absolute Gasteiger partial charge is 0.504 e. The SMILES string of the molecule is CC(C)n1cc(N)nc1Oc1ccccc1O. The maximum Gasteiger partial charge on any atom is 0.304 e. The topological polar surface area (TPSA) is 73.3 Å². The van der Waals surface area contributed by atoms with Crippen molar-refractivity contribution in [3.05, 3.63) is 30.5 Å². The minimum Gasteiger partial charge on any atom is -0.504 e. The van der Waals surface area contributed by atoms with E-state index in [0.29, 0.717) is 17.6 Å². The van der Waals surface area contributed by atoms with Gasteiger partial charge in [0.2, 0.25) is 0 Å². The van der Waals surface area contributed by atoms with E-state index >= 15 is 0 Å². The highest BCUT2D eigenvalue weighted by Gasteiger charge is 2.12. The summed E-state index contributed by atoms with van der Waals surface area (Å²) in [6.07, 6.45) is 1.71. The molecule has 3 N–H and O–H groups in total. The Hall–Kier alpha value is -2.17. The summed E-state index contributed by atoms with van der Waals surface area (Å²) in [6.45, 7) is 4.00. The van der Waals surface area contributed by atoms with Crippen LogP contribution in [0, 0.1) is 0 Å². The van der Waals surface area contributed by atoms with Gasteiger partial charge in [-0.15, -0.1) is 0 Å². The number of aromatic hydroxyl groups is 1. The molecule has 0 saturated heterocycles. The standard InChI is InChI=1S/C12H15N3O2/c1-8(2)15-7-11(13)14-12(15)17-10-6-4-3-5-9(10)16/h3-8,16H,13H2,1-2H3. The quantitative estimate of drug-likeness (QED) is 0.854. The van der Waals surface area contributed by atoms with Crippen LogP contribution in [0.25, 0.3) is 0 Å². The third kappa shape index (κ3) is 2.33. The van der Waals surface area contributed by atoms with Crippen molar-refractivity contribution in [3.8, 4) is 17.5 Å². The lowest BCUT2D eigenvalue weighted by molar-refractivity contribution is 0.367. The predicted octanol–water partition coefficient (Wildman–Crippen LogP) is 2.54. The molecule has 0 spiro atoms. The minimum absolute atomic E-state index is 0.0735. The molecule has 1 aromatic heterocycles. The van der Waals surface area contributed by atoms with Crippen LogP contribution in [0.15, 0.2) is 30.5 Å². The van der Waals surface area contributed by atoms with E-state index in [1.54, 1.807) is 30.5 Å². The van der Waals surface area contributed by atoms with Crippen LogP contribution in [-0.4, -0.2) is 14.7 Å². The number of phenolic OH excluding ortho intramolecular Hbond substituents is 1. The summed E-state index contributed by atoms with van der Waals surface area (Å²) >= 11 is 0. The Morgan fingerprint density at radius 3 is 2.71 bits per heavy atom. The van der Waals surface area contributed by atoms with E-state index in [2.05, 4.69) is 4.98 Å². The molecule has 5 nitrogen and oxygen atoms in total. The lowest BCUT2D eigenvalue weighted by Crippen LogP contribution is -2.02. The number of nitrogens with two attached hydrogens (primary N) is 1. The first-order chi connectivity index (χ1) is 8.08. The molecule has 0 aliphatic heterocycles. The number of para-hydroxylation sites is 2. The van der Waals surface area contributed by atoms with Gasteiger partial charge in [-0.3, -0.25) is 4.57 Å². The van der Waals surface area contributed by atoms with Gasteiger partial charge in [-0.25, -0.2) is 0 Å². The summed E-state index contributed by atoms with van der Waals surface area (Å²) in [7, 11) is 0. The summed E-state index contributed by atoms with van der Waals surface area (Å²) in [5.74, 6) is 0.827. The zero-order chi connectivity index (χ0) is 12.4. The molecule has 5 heteroatoms. The fourth-order valence-electron chi connectivity index (χ4n) is 1.48. The number of hydrogen-bond acceptors (Lipinski definition) is 4. The summed E-state index contributed by atoms with van der Waals surface area (Å²) in [5.41, 5.74) is 5.63. The molecular formula is C12H15N3O2. The first-order valence-corrected chi connectivity index (χ1v) is 5.38. The molecule has 2 aromatic rings. The van der Waals surface area contributed by atoms with E-state index in [4.69, 9.17) is 10.5 Å². The summed E-state index contributed by atoms with van der Waals surface area (Å²) in [5, 5.41) is 9.61. The fourth-order valence-corrected chi connectivity index (χ4v) is 1.48. The van der Waals surface area contributed by atoms with Crippen molar-refractivity contribution in [3.63, 3.8) is 0 Å². The van der Waals surface area contributed by atoms with Crippen molar-refractivity contribution >= 4 is 5.82 Å². The van der Waals surface area contributed by atoms with E-state index in [1.807, 2.05) is 18.4 Å². The molecule has 0 aliphatic carbocycles.